The van der Waals surface area contributed by atoms with E-state index in [9.17, 15) is 0 Å². The monoisotopic (exact) mass is 459 g/mol. The van der Waals surface area contributed by atoms with Gasteiger partial charge in [0.1, 0.15) is 0 Å². The number of nitrogens with zero attached hydrogens (tertiary/aromatic N) is 1. The highest BCUT2D eigenvalue weighted by Gasteiger charge is 2.15. The molecule has 0 unspecified atom stereocenters. The third-order valence-corrected chi connectivity index (χ3v) is 4.12. The lowest BCUT2D eigenvalue weighted by Gasteiger charge is -2.19. The highest BCUT2D eigenvalue weighted by Crippen LogP contribution is 2.17. The zero-order chi connectivity index (χ0) is 17.4. The highest BCUT2D eigenvalue weighted by atomic mass is 127. The maximum absolute atomic E-state index is 5.86. The predicted octanol–water partition coefficient (Wildman–Crippen LogP) is 4.62. The van der Waals surface area contributed by atoms with Gasteiger partial charge in [0.2, 0.25) is 0 Å². The summed E-state index contributed by atoms with van der Waals surface area (Å²) in [7, 11) is 0. The summed E-state index contributed by atoms with van der Waals surface area (Å²) in [6, 6.07) is 9.09. The Labute approximate surface area is 170 Å². The fraction of sp³-hybridized carbons (Fsp3) is 0.650. The van der Waals surface area contributed by atoms with E-state index in [1.165, 1.54) is 36.8 Å². The first-order valence-electron chi connectivity index (χ1n) is 9.23. The van der Waals surface area contributed by atoms with Crippen molar-refractivity contribution in [3.8, 4) is 0 Å². The van der Waals surface area contributed by atoms with Crippen LogP contribution in [0.2, 0.25) is 0 Å². The minimum atomic E-state index is -0.114. The van der Waals surface area contributed by atoms with Crippen LogP contribution in [0.1, 0.15) is 64.5 Å². The molecule has 1 fully saturated rings. The average molecular weight is 459 g/mol. The molecule has 0 aliphatic heterocycles. The quantitative estimate of drug-likeness (QED) is 0.371. The van der Waals surface area contributed by atoms with E-state index >= 15 is 0 Å². The second kappa shape index (κ2) is 11.0. The number of ether oxygens (including phenoxy) is 1. The van der Waals surface area contributed by atoms with Crippen LogP contribution in [0.5, 0.6) is 0 Å². The first kappa shape index (κ1) is 22.2. The van der Waals surface area contributed by atoms with Gasteiger partial charge in [-0.05, 0) is 51.7 Å². The second-order valence-electron chi connectivity index (χ2n) is 7.54. The lowest BCUT2D eigenvalue weighted by molar-refractivity contribution is -0.0149. The fourth-order valence-corrected chi connectivity index (χ4v) is 2.87. The fourth-order valence-electron chi connectivity index (χ4n) is 2.87. The maximum Gasteiger partial charge on any atom is 0.191 e. The van der Waals surface area contributed by atoms with E-state index in [0.717, 1.165) is 12.5 Å². The molecule has 0 aromatic heterocycles. The minimum absolute atomic E-state index is 0. The topological polar surface area (TPSA) is 45.7 Å². The van der Waals surface area contributed by atoms with E-state index in [2.05, 4.69) is 62.6 Å². The van der Waals surface area contributed by atoms with Gasteiger partial charge in [0, 0.05) is 12.6 Å². The first-order valence-corrected chi connectivity index (χ1v) is 9.23. The molecule has 0 radical (unpaired) electrons. The maximum atomic E-state index is 5.86. The Morgan fingerprint density at radius 1 is 1.20 bits per heavy atom. The minimum Gasteiger partial charge on any atom is -0.371 e. The van der Waals surface area contributed by atoms with Crippen LogP contribution in [-0.2, 0) is 17.9 Å². The van der Waals surface area contributed by atoms with Gasteiger partial charge in [-0.15, -0.1) is 24.0 Å². The molecular formula is C20H34IN3O. The van der Waals surface area contributed by atoms with Gasteiger partial charge < -0.3 is 15.4 Å². The van der Waals surface area contributed by atoms with Crippen molar-refractivity contribution in [1.29, 1.82) is 0 Å². The number of rotatable bonds is 6. The van der Waals surface area contributed by atoms with Gasteiger partial charge in [0.15, 0.2) is 5.96 Å². The summed E-state index contributed by atoms with van der Waals surface area (Å²) in [5, 5.41) is 6.91. The van der Waals surface area contributed by atoms with Crippen molar-refractivity contribution in [2.24, 2.45) is 4.99 Å². The molecule has 0 atom stereocenters. The Bertz CT molecular complexity index is 534. The van der Waals surface area contributed by atoms with Crippen molar-refractivity contribution in [3.63, 3.8) is 0 Å². The number of aliphatic imine (C=N–C) groups is 1. The van der Waals surface area contributed by atoms with Crippen LogP contribution >= 0.6 is 24.0 Å². The molecule has 25 heavy (non-hydrogen) atoms. The van der Waals surface area contributed by atoms with Gasteiger partial charge in [-0.1, -0.05) is 37.1 Å². The molecular weight excluding hydrogens is 425 g/mol. The zero-order valence-electron chi connectivity index (χ0n) is 16.1. The Kier molecular flexibility index (Phi) is 9.79. The molecule has 5 heteroatoms. The number of hydrogen-bond acceptors (Lipinski definition) is 2. The van der Waals surface area contributed by atoms with Gasteiger partial charge >= 0.3 is 0 Å². The summed E-state index contributed by atoms with van der Waals surface area (Å²) in [5.74, 6) is 0.931. The third kappa shape index (κ3) is 8.90. The predicted molar refractivity (Wildman–Crippen MR) is 117 cm³/mol. The van der Waals surface area contributed by atoms with E-state index in [1.807, 2.05) is 0 Å². The molecule has 2 rings (SSSR count). The van der Waals surface area contributed by atoms with Crippen LogP contribution in [0.15, 0.2) is 29.3 Å². The summed E-state index contributed by atoms with van der Waals surface area (Å²) in [6.07, 6.45) is 5.16. The molecule has 1 aliphatic carbocycles. The van der Waals surface area contributed by atoms with Crippen molar-refractivity contribution in [2.45, 2.75) is 78.2 Å². The number of hydrogen-bond donors (Lipinski definition) is 2. The van der Waals surface area contributed by atoms with Crippen LogP contribution in [-0.4, -0.2) is 24.1 Å². The molecule has 0 amide bonds. The van der Waals surface area contributed by atoms with Crippen molar-refractivity contribution in [3.05, 3.63) is 35.4 Å². The zero-order valence-corrected chi connectivity index (χ0v) is 18.4. The molecule has 1 saturated carbocycles. The van der Waals surface area contributed by atoms with E-state index < -0.39 is 0 Å². The number of halogens is 1. The standard InChI is InChI=1S/C20H33N3O.HI/c1-5-21-19(23-18-11-6-7-12-18)22-14-16-9-8-10-17(13-16)15-24-20(2,3)4;/h8-10,13,18H,5-7,11-12,14-15H2,1-4H3,(H2,21,22,23);1H. The van der Waals surface area contributed by atoms with Gasteiger partial charge in [-0.3, -0.25) is 0 Å². The average Bonchev–Trinajstić information content (AvgIpc) is 3.04. The summed E-state index contributed by atoms with van der Waals surface area (Å²) < 4.78 is 5.86. The Morgan fingerprint density at radius 2 is 1.88 bits per heavy atom. The number of guanidine groups is 1. The number of nitrogens with one attached hydrogen (secondary N) is 2. The van der Waals surface area contributed by atoms with Gasteiger partial charge in [0.25, 0.3) is 0 Å². The molecule has 0 saturated heterocycles. The van der Waals surface area contributed by atoms with Crippen molar-refractivity contribution in [1.82, 2.24) is 10.6 Å². The first-order chi connectivity index (χ1) is 11.5. The smallest absolute Gasteiger partial charge is 0.191 e. The lowest BCUT2D eigenvalue weighted by Crippen LogP contribution is -2.42. The molecule has 4 nitrogen and oxygen atoms in total. The summed E-state index contributed by atoms with van der Waals surface area (Å²) >= 11 is 0. The summed E-state index contributed by atoms with van der Waals surface area (Å²) in [4.78, 5) is 4.75. The largest absolute Gasteiger partial charge is 0.371 e. The van der Waals surface area contributed by atoms with Crippen LogP contribution in [0, 0.1) is 0 Å². The molecule has 2 N–H and O–H groups in total. The Hall–Kier alpha value is -0.820. The Balaban J connectivity index is 0.00000312. The molecule has 1 aromatic carbocycles. The molecule has 0 spiro atoms. The van der Waals surface area contributed by atoms with Crippen molar-refractivity contribution >= 4 is 29.9 Å². The second-order valence-corrected chi connectivity index (χ2v) is 7.54. The van der Waals surface area contributed by atoms with Gasteiger partial charge in [-0.2, -0.15) is 0 Å². The van der Waals surface area contributed by atoms with E-state index in [1.54, 1.807) is 0 Å². The van der Waals surface area contributed by atoms with Crippen LogP contribution in [0.3, 0.4) is 0 Å². The van der Waals surface area contributed by atoms with Crippen LogP contribution in [0.4, 0.5) is 0 Å². The molecule has 0 bridgehead atoms. The van der Waals surface area contributed by atoms with Gasteiger partial charge in [0.05, 0.1) is 18.8 Å². The van der Waals surface area contributed by atoms with E-state index in [0.29, 0.717) is 19.2 Å². The highest BCUT2D eigenvalue weighted by molar-refractivity contribution is 14.0. The third-order valence-electron chi connectivity index (χ3n) is 4.12. The summed E-state index contributed by atoms with van der Waals surface area (Å²) in [5.41, 5.74) is 2.30. The molecule has 1 aromatic rings. The van der Waals surface area contributed by atoms with Crippen LogP contribution < -0.4 is 10.6 Å². The van der Waals surface area contributed by atoms with E-state index in [-0.39, 0.29) is 29.6 Å². The van der Waals surface area contributed by atoms with Crippen molar-refractivity contribution < 1.29 is 4.74 Å². The van der Waals surface area contributed by atoms with Crippen molar-refractivity contribution in [2.75, 3.05) is 6.54 Å². The Morgan fingerprint density at radius 3 is 2.52 bits per heavy atom. The van der Waals surface area contributed by atoms with Crippen LogP contribution in [0.25, 0.3) is 0 Å². The normalized spacial score (nSPS) is 15.8. The SMILES string of the molecule is CCNC(=NCc1cccc(COC(C)(C)C)c1)NC1CCCC1.I. The molecule has 142 valence electrons. The lowest BCUT2D eigenvalue weighted by atomic mass is 10.1. The molecule has 0 heterocycles. The van der Waals surface area contributed by atoms with E-state index in [4.69, 9.17) is 9.73 Å². The number of benzene rings is 1. The van der Waals surface area contributed by atoms with Gasteiger partial charge in [-0.25, -0.2) is 4.99 Å². The summed E-state index contributed by atoms with van der Waals surface area (Å²) in [6.45, 7) is 10.6. The molecule has 1 aliphatic rings.